The molecule has 4 nitrogen and oxygen atoms in total. The second kappa shape index (κ2) is 4.49. The average molecular weight is 252 g/mol. The Balaban J connectivity index is 1.98. The molecule has 0 atom stereocenters. The predicted molar refractivity (Wildman–Crippen MR) is 75.0 cm³/mol. The number of hydrogen-bond donors (Lipinski definition) is 3. The van der Waals surface area contributed by atoms with Crippen molar-refractivity contribution in [2.45, 2.75) is 0 Å². The molecule has 0 saturated heterocycles. The van der Waals surface area contributed by atoms with Crippen molar-refractivity contribution in [2.24, 2.45) is 0 Å². The number of rotatable bonds is 3. The number of hydrogen-bond acceptors (Lipinski definition) is 2. The zero-order valence-corrected chi connectivity index (χ0v) is 10.1. The van der Waals surface area contributed by atoms with Crippen molar-refractivity contribution in [1.82, 2.24) is 4.98 Å². The van der Waals surface area contributed by atoms with Crippen LogP contribution in [0.25, 0.3) is 10.9 Å². The van der Waals surface area contributed by atoms with Crippen molar-refractivity contribution in [3.63, 3.8) is 0 Å². The molecule has 3 aromatic rings. The molecule has 1 heterocycles. The molecular weight excluding hydrogens is 240 g/mol. The van der Waals surface area contributed by atoms with Crippen molar-refractivity contribution < 1.29 is 9.90 Å². The van der Waals surface area contributed by atoms with Crippen LogP contribution in [-0.2, 0) is 0 Å². The van der Waals surface area contributed by atoms with Gasteiger partial charge in [-0.2, -0.15) is 0 Å². The van der Waals surface area contributed by atoms with Gasteiger partial charge in [-0.3, -0.25) is 0 Å². The van der Waals surface area contributed by atoms with Crippen LogP contribution in [0.15, 0.2) is 54.7 Å². The summed E-state index contributed by atoms with van der Waals surface area (Å²) >= 11 is 0. The van der Waals surface area contributed by atoms with Gasteiger partial charge in [0.1, 0.15) is 0 Å². The van der Waals surface area contributed by atoms with Gasteiger partial charge in [-0.05, 0) is 36.4 Å². The Morgan fingerprint density at radius 3 is 2.79 bits per heavy atom. The van der Waals surface area contributed by atoms with Crippen LogP contribution in [-0.4, -0.2) is 16.1 Å². The van der Waals surface area contributed by atoms with Crippen LogP contribution >= 0.6 is 0 Å². The number of anilines is 2. The third-order valence-electron chi connectivity index (χ3n) is 2.99. The van der Waals surface area contributed by atoms with Crippen LogP contribution in [0.4, 0.5) is 11.4 Å². The number of aromatic carboxylic acids is 1. The fraction of sp³-hybridized carbons (Fsp3) is 0. The van der Waals surface area contributed by atoms with Crippen molar-refractivity contribution >= 4 is 28.2 Å². The van der Waals surface area contributed by atoms with Crippen LogP contribution < -0.4 is 5.32 Å². The highest BCUT2D eigenvalue weighted by atomic mass is 16.4. The number of benzene rings is 2. The minimum atomic E-state index is -0.939. The summed E-state index contributed by atoms with van der Waals surface area (Å²) in [7, 11) is 0. The molecule has 0 aliphatic rings. The number of H-pyrrole nitrogens is 1. The molecule has 0 radical (unpaired) electrons. The number of fused-ring (bicyclic) bond motifs is 1. The molecule has 0 aliphatic heterocycles. The number of carboxylic acids is 1. The Bertz CT molecular complexity index is 746. The van der Waals surface area contributed by atoms with E-state index in [2.05, 4.69) is 10.3 Å². The van der Waals surface area contributed by atoms with E-state index in [1.165, 1.54) is 0 Å². The lowest BCUT2D eigenvalue weighted by atomic mass is 10.1. The molecule has 2 aromatic carbocycles. The summed E-state index contributed by atoms with van der Waals surface area (Å²) in [6.07, 6.45) is 1.87. The molecule has 19 heavy (non-hydrogen) atoms. The van der Waals surface area contributed by atoms with Crippen molar-refractivity contribution in [1.29, 1.82) is 0 Å². The van der Waals surface area contributed by atoms with E-state index in [0.717, 1.165) is 16.6 Å². The Labute approximate surface area is 109 Å². The zero-order valence-electron chi connectivity index (χ0n) is 10.1. The zero-order chi connectivity index (χ0) is 13.2. The molecule has 0 spiro atoms. The van der Waals surface area contributed by atoms with Crippen molar-refractivity contribution in [3.05, 3.63) is 60.3 Å². The predicted octanol–water partition coefficient (Wildman–Crippen LogP) is 3.61. The van der Waals surface area contributed by atoms with E-state index in [-0.39, 0.29) is 5.56 Å². The fourth-order valence-corrected chi connectivity index (χ4v) is 2.07. The first kappa shape index (κ1) is 11.3. The molecule has 0 amide bonds. The van der Waals surface area contributed by atoms with Gasteiger partial charge in [-0.25, -0.2) is 4.79 Å². The second-order valence-corrected chi connectivity index (χ2v) is 4.26. The van der Waals surface area contributed by atoms with Gasteiger partial charge in [0.05, 0.1) is 11.3 Å². The molecule has 0 saturated carbocycles. The molecule has 3 N–H and O–H groups in total. The Morgan fingerprint density at radius 2 is 1.95 bits per heavy atom. The van der Waals surface area contributed by atoms with Gasteiger partial charge in [0.2, 0.25) is 0 Å². The number of carboxylic acid groups (broad SMARTS) is 1. The van der Waals surface area contributed by atoms with E-state index in [0.29, 0.717) is 5.69 Å². The highest BCUT2D eigenvalue weighted by Crippen LogP contribution is 2.24. The molecule has 0 fully saturated rings. The number of nitrogens with one attached hydrogen (secondary N) is 2. The molecule has 0 unspecified atom stereocenters. The number of aromatic nitrogens is 1. The van der Waals surface area contributed by atoms with E-state index in [1.54, 1.807) is 18.2 Å². The lowest BCUT2D eigenvalue weighted by molar-refractivity contribution is 0.0698. The summed E-state index contributed by atoms with van der Waals surface area (Å²) in [5.74, 6) is -0.939. The average Bonchev–Trinajstić information content (AvgIpc) is 2.86. The summed E-state index contributed by atoms with van der Waals surface area (Å²) in [6, 6.07) is 14.7. The maximum absolute atomic E-state index is 11.1. The highest BCUT2D eigenvalue weighted by molar-refractivity contribution is 5.95. The van der Waals surface area contributed by atoms with E-state index in [1.807, 2.05) is 36.5 Å². The third kappa shape index (κ3) is 2.15. The van der Waals surface area contributed by atoms with Crippen LogP contribution in [0, 0.1) is 0 Å². The monoisotopic (exact) mass is 252 g/mol. The Kier molecular flexibility index (Phi) is 2.68. The standard InChI is InChI=1S/C15H12N2O2/c18-15(19)12-3-1-2-4-14(12)17-11-5-6-13-10(9-11)7-8-16-13/h1-9,16-17H,(H,18,19). The molecule has 1 aromatic heterocycles. The van der Waals surface area contributed by atoms with Gasteiger partial charge >= 0.3 is 5.97 Å². The minimum Gasteiger partial charge on any atom is -0.478 e. The molecule has 94 valence electrons. The Hall–Kier alpha value is -2.75. The molecular formula is C15H12N2O2. The van der Waals surface area contributed by atoms with Crippen LogP contribution in [0.3, 0.4) is 0 Å². The summed E-state index contributed by atoms with van der Waals surface area (Å²) in [4.78, 5) is 14.3. The topological polar surface area (TPSA) is 65.1 Å². The lowest BCUT2D eigenvalue weighted by Crippen LogP contribution is -2.02. The quantitative estimate of drug-likeness (QED) is 0.667. The SMILES string of the molecule is O=C(O)c1ccccc1Nc1ccc2[nH]ccc2c1. The van der Waals surface area contributed by atoms with Crippen LogP contribution in [0.2, 0.25) is 0 Å². The maximum atomic E-state index is 11.1. The normalized spacial score (nSPS) is 10.5. The number of para-hydroxylation sites is 1. The lowest BCUT2D eigenvalue weighted by Gasteiger charge is -2.09. The van der Waals surface area contributed by atoms with E-state index >= 15 is 0 Å². The van der Waals surface area contributed by atoms with Crippen LogP contribution in [0.5, 0.6) is 0 Å². The molecule has 0 aliphatic carbocycles. The van der Waals surface area contributed by atoms with Gasteiger partial charge in [0.25, 0.3) is 0 Å². The van der Waals surface area contributed by atoms with Crippen LogP contribution in [0.1, 0.15) is 10.4 Å². The van der Waals surface area contributed by atoms with E-state index in [9.17, 15) is 4.79 Å². The maximum Gasteiger partial charge on any atom is 0.337 e. The van der Waals surface area contributed by atoms with Gasteiger partial charge in [-0.1, -0.05) is 12.1 Å². The minimum absolute atomic E-state index is 0.261. The molecule has 3 rings (SSSR count). The Morgan fingerprint density at radius 1 is 1.11 bits per heavy atom. The molecule has 4 heteroatoms. The summed E-state index contributed by atoms with van der Waals surface area (Å²) < 4.78 is 0. The van der Waals surface area contributed by atoms with E-state index in [4.69, 9.17) is 5.11 Å². The largest absolute Gasteiger partial charge is 0.478 e. The van der Waals surface area contributed by atoms with E-state index < -0.39 is 5.97 Å². The molecule has 0 bridgehead atoms. The van der Waals surface area contributed by atoms with Gasteiger partial charge in [0.15, 0.2) is 0 Å². The van der Waals surface area contributed by atoms with Gasteiger partial charge in [0, 0.05) is 22.8 Å². The first-order valence-corrected chi connectivity index (χ1v) is 5.90. The van der Waals surface area contributed by atoms with Crippen molar-refractivity contribution in [3.8, 4) is 0 Å². The summed E-state index contributed by atoms with van der Waals surface area (Å²) in [5.41, 5.74) is 2.76. The van der Waals surface area contributed by atoms with Crippen molar-refractivity contribution in [2.75, 3.05) is 5.32 Å². The first-order valence-electron chi connectivity index (χ1n) is 5.90. The third-order valence-corrected chi connectivity index (χ3v) is 2.99. The van der Waals surface area contributed by atoms with Gasteiger partial charge < -0.3 is 15.4 Å². The van der Waals surface area contributed by atoms with Gasteiger partial charge in [-0.15, -0.1) is 0 Å². The number of aromatic amines is 1. The summed E-state index contributed by atoms with van der Waals surface area (Å²) in [6.45, 7) is 0. The first-order chi connectivity index (χ1) is 9.24. The fourth-order valence-electron chi connectivity index (χ4n) is 2.07. The highest BCUT2D eigenvalue weighted by Gasteiger charge is 2.09. The number of carbonyl (C=O) groups is 1. The smallest absolute Gasteiger partial charge is 0.337 e. The second-order valence-electron chi connectivity index (χ2n) is 4.26. The summed E-state index contributed by atoms with van der Waals surface area (Å²) in [5, 5.41) is 13.4.